The van der Waals surface area contributed by atoms with Crippen LogP contribution in [0.1, 0.15) is 24.1 Å². The van der Waals surface area contributed by atoms with E-state index in [0.717, 1.165) is 11.1 Å². The molecule has 0 aliphatic rings. The third kappa shape index (κ3) is 5.68. The van der Waals surface area contributed by atoms with Crippen LogP contribution in [-0.4, -0.2) is 35.0 Å². The van der Waals surface area contributed by atoms with Crippen molar-refractivity contribution in [3.05, 3.63) is 71.8 Å². The first kappa shape index (κ1) is 18.0. The number of benzene rings is 2. The zero-order valence-corrected chi connectivity index (χ0v) is 13.7. The first-order chi connectivity index (χ1) is 11.6. The molecule has 0 bridgehead atoms. The maximum absolute atomic E-state index is 11.0. The van der Waals surface area contributed by atoms with Crippen molar-refractivity contribution in [2.75, 3.05) is 6.54 Å². The van der Waals surface area contributed by atoms with E-state index in [1.807, 2.05) is 67.6 Å². The van der Waals surface area contributed by atoms with Gasteiger partial charge in [-0.1, -0.05) is 60.7 Å². The number of aliphatic hydroxyl groups excluding tert-OH is 1. The molecule has 0 saturated heterocycles. The molecule has 4 N–H and O–H groups in total. The van der Waals surface area contributed by atoms with Crippen molar-refractivity contribution < 1.29 is 15.0 Å². The van der Waals surface area contributed by atoms with Gasteiger partial charge in [-0.05, 0) is 24.5 Å². The molecule has 0 aliphatic carbocycles. The van der Waals surface area contributed by atoms with Gasteiger partial charge in [-0.25, -0.2) is 4.79 Å². The van der Waals surface area contributed by atoms with E-state index < -0.39 is 18.2 Å². The summed E-state index contributed by atoms with van der Waals surface area (Å²) in [5.74, 6) is 0. The second-order valence-electron chi connectivity index (χ2n) is 5.85. The number of hydrogen-bond donors (Lipinski definition) is 4. The zero-order valence-electron chi connectivity index (χ0n) is 13.7. The van der Waals surface area contributed by atoms with Gasteiger partial charge in [0.2, 0.25) is 0 Å². The standard InChI is InChI=1S/C19H24N2O3/c1-14(16-10-6-3-7-11-16)20-13-18(22)17(21-19(23)24)12-15-8-4-2-5-9-15/h2-11,14,17-18,20-22H,12-13H2,1H3,(H,23,24)/t14-,17-,18-/m0/s1. The van der Waals surface area contributed by atoms with Crippen molar-refractivity contribution in [3.8, 4) is 0 Å². The number of amides is 1. The molecule has 2 aromatic rings. The fraction of sp³-hybridized carbons (Fsp3) is 0.316. The summed E-state index contributed by atoms with van der Waals surface area (Å²) in [4.78, 5) is 11.0. The normalized spacial score (nSPS) is 14.6. The molecule has 128 valence electrons. The number of nitrogens with one attached hydrogen (secondary N) is 2. The van der Waals surface area contributed by atoms with E-state index in [4.69, 9.17) is 5.11 Å². The molecule has 0 radical (unpaired) electrons. The molecule has 0 spiro atoms. The van der Waals surface area contributed by atoms with Crippen LogP contribution < -0.4 is 10.6 Å². The minimum atomic E-state index is -1.13. The lowest BCUT2D eigenvalue weighted by Crippen LogP contribution is -2.48. The van der Waals surface area contributed by atoms with Crippen molar-refractivity contribution in [1.29, 1.82) is 0 Å². The van der Waals surface area contributed by atoms with Crippen molar-refractivity contribution >= 4 is 6.09 Å². The number of carbonyl (C=O) groups is 1. The average Bonchev–Trinajstić information content (AvgIpc) is 2.60. The molecule has 2 rings (SSSR count). The lowest BCUT2D eigenvalue weighted by atomic mass is 10.0. The summed E-state index contributed by atoms with van der Waals surface area (Å²) < 4.78 is 0. The van der Waals surface area contributed by atoms with Crippen LogP contribution in [0.4, 0.5) is 4.79 Å². The fourth-order valence-corrected chi connectivity index (χ4v) is 2.61. The van der Waals surface area contributed by atoms with Gasteiger partial charge >= 0.3 is 6.09 Å². The molecule has 1 amide bonds. The van der Waals surface area contributed by atoms with Crippen LogP contribution in [0.15, 0.2) is 60.7 Å². The second-order valence-corrected chi connectivity index (χ2v) is 5.85. The topological polar surface area (TPSA) is 81.6 Å². The highest BCUT2D eigenvalue weighted by molar-refractivity contribution is 5.65. The molecule has 0 fully saturated rings. The van der Waals surface area contributed by atoms with Gasteiger partial charge in [0.1, 0.15) is 0 Å². The summed E-state index contributed by atoms with van der Waals surface area (Å²) in [5.41, 5.74) is 2.10. The quantitative estimate of drug-likeness (QED) is 0.600. The highest BCUT2D eigenvalue weighted by Crippen LogP contribution is 2.12. The Morgan fingerprint density at radius 3 is 2.21 bits per heavy atom. The van der Waals surface area contributed by atoms with E-state index in [9.17, 15) is 9.90 Å². The van der Waals surface area contributed by atoms with Gasteiger partial charge in [0.25, 0.3) is 0 Å². The molecule has 5 nitrogen and oxygen atoms in total. The van der Waals surface area contributed by atoms with Crippen LogP contribution >= 0.6 is 0 Å². The van der Waals surface area contributed by atoms with Crippen LogP contribution in [0.3, 0.4) is 0 Å². The van der Waals surface area contributed by atoms with Crippen LogP contribution in [0.25, 0.3) is 0 Å². The highest BCUT2D eigenvalue weighted by Gasteiger charge is 2.22. The Hall–Kier alpha value is -2.37. The SMILES string of the molecule is C[C@H](NC[C@H](O)[C@H](Cc1ccccc1)NC(=O)O)c1ccccc1. The molecule has 3 atom stereocenters. The molecular formula is C19H24N2O3. The smallest absolute Gasteiger partial charge is 0.404 e. The van der Waals surface area contributed by atoms with E-state index in [1.54, 1.807) is 0 Å². The predicted octanol–water partition coefficient (Wildman–Crippen LogP) is 2.58. The van der Waals surface area contributed by atoms with Crippen LogP contribution in [0.2, 0.25) is 0 Å². The van der Waals surface area contributed by atoms with Gasteiger partial charge in [0, 0.05) is 12.6 Å². The van der Waals surface area contributed by atoms with Crippen molar-refractivity contribution in [2.45, 2.75) is 31.5 Å². The summed E-state index contributed by atoms with van der Waals surface area (Å²) in [7, 11) is 0. The number of aliphatic hydroxyl groups is 1. The van der Waals surface area contributed by atoms with Crippen molar-refractivity contribution in [3.63, 3.8) is 0 Å². The third-order valence-electron chi connectivity index (χ3n) is 4.00. The summed E-state index contributed by atoms with van der Waals surface area (Å²) in [5, 5.41) is 25.1. The molecule has 0 unspecified atom stereocenters. The van der Waals surface area contributed by atoms with Gasteiger partial charge in [-0.2, -0.15) is 0 Å². The average molecular weight is 328 g/mol. The summed E-state index contributed by atoms with van der Waals surface area (Å²) in [6.07, 6.45) is -1.52. The Labute approximate surface area is 142 Å². The van der Waals surface area contributed by atoms with Gasteiger partial charge in [0.15, 0.2) is 0 Å². The third-order valence-corrected chi connectivity index (χ3v) is 4.00. The minimum absolute atomic E-state index is 0.0723. The van der Waals surface area contributed by atoms with Crippen LogP contribution in [-0.2, 0) is 6.42 Å². The lowest BCUT2D eigenvalue weighted by Gasteiger charge is -2.25. The molecule has 0 heterocycles. The molecule has 24 heavy (non-hydrogen) atoms. The molecular weight excluding hydrogens is 304 g/mol. The largest absolute Gasteiger partial charge is 0.465 e. The first-order valence-corrected chi connectivity index (χ1v) is 8.06. The van der Waals surface area contributed by atoms with Gasteiger partial charge in [-0.15, -0.1) is 0 Å². The fourth-order valence-electron chi connectivity index (χ4n) is 2.61. The Morgan fingerprint density at radius 2 is 1.62 bits per heavy atom. The monoisotopic (exact) mass is 328 g/mol. The van der Waals surface area contributed by atoms with E-state index in [2.05, 4.69) is 10.6 Å². The van der Waals surface area contributed by atoms with E-state index in [1.165, 1.54) is 0 Å². The Bertz CT molecular complexity index is 619. The van der Waals surface area contributed by atoms with E-state index >= 15 is 0 Å². The molecule has 2 aromatic carbocycles. The summed E-state index contributed by atoms with van der Waals surface area (Å²) >= 11 is 0. The lowest BCUT2D eigenvalue weighted by molar-refractivity contribution is 0.115. The summed E-state index contributed by atoms with van der Waals surface area (Å²) in [6.45, 7) is 2.31. The summed E-state index contributed by atoms with van der Waals surface area (Å²) in [6, 6.07) is 19.0. The number of carboxylic acid groups (broad SMARTS) is 1. The molecule has 5 heteroatoms. The maximum Gasteiger partial charge on any atom is 0.404 e. The molecule has 0 aromatic heterocycles. The highest BCUT2D eigenvalue weighted by atomic mass is 16.4. The van der Waals surface area contributed by atoms with Crippen molar-refractivity contribution in [2.24, 2.45) is 0 Å². The minimum Gasteiger partial charge on any atom is -0.465 e. The molecule has 0 aliphatic heterocycles. The van der Waals surface area contributed by atoms with E-state index in [0.29, 0.717) is 13.0 Å². The van der Waals surface area contributed by atoms with Crippen LogP contribution in [0.5, 0.6) is 0 Å². The first-order valence-electron chi connectivity index (χ1n) is 8.06. The number of rotatable bonds is 8. The van der Waals surface area contributed by atoms with Gasteiger partial charge in [0.05, 0.1) is 12.1 Å². The van der Waals surface area contributed by atoms with Gasteiger partial charge in [-0.3, -0.25) is 0 Å². The zero-order chi connectivity index (χ0) is 17.4. The van der Waals surface area contributed by atoms with Crippen LogP contribution in [0, 0.1) is 0 Å². The van der Waals surface area contributed by atoms with E-state index in [-0.39, 0.29) is 6.04 Å². The second kappa shape index (κ2) is 9.05. The number of hydrogen-bond acceptors (Lipinski definition) is 3. The van der Waals surface area contributed by atoms with Gasteiger partial charge < -0.3 is 20.8 Å². The Balaban J connectivity index is 1.94. The predicted molar refractivity (Wildman–Crippen MR) is 94.0 cm³/mol. The maximum atomic E-state index is 11.0. The Morgan fingerprint density at radius 1 is 1.04 bits per heavy atom. The molecule has 0 saturated carbocycles. The van der Waals surface area contributed by atoms with Crippen molar-refractivity contribution in [1.82, 2.24) is 10.6 Å². The Kier molecular flexibility index (Phi) is 6.78.